The molecular weight excluding hydrogens is 334 g/mol. The Labute approximate surface area is 150 Å². The number of hydrogen-bond acceptors (Lipinski definition) is 4. The normalized spacial score (nSPS) is 15.4. The van der Waals surface area contributed by atoms with Crippen molar-refractivity contribution in [2.75, 3.05) is 26.2 Å². The Hall–Kier alpha value is -2.44. The number of rotatable bonds is 4. The third-order valence-electron chi connectivity index (χ3n) is 4.53. The van der Waals surface area contributed by atoms with Gasteiger partial charge in [-0.1, -0.05) is 29.4 Å². The molecule has 1 amide bonds. The van der Waals surface area contributed by atoms with Gasteiger partial charge in [-0.15, -0.1) is 11.3 Å². The van der Waals surface area contributed by atoms with Crippen molar-refractivity contribution in [3.8, 4) is 10.6 Å². The molecule has 1 aliphatic rings. The highest BCUT2D eigenvalue weighted by Gasteiger charge is 2.25. The molecule has 0 radical (unpaired) electrons. The number of hydrogen-bond donors (Lipinski definition) is 1. The van der Waals surface area contributed by atoms with E-state index >= 15 is 0 Å². The molecule has 3 aromatic rings. The van der Waals surface area contributed by atoms with E-state index in [9.17, 15) is 4.79 Å². The van der Waals surface area contributed by atoms with Crippen molar-refractivity contribution < 1.29 is 14.2 Å². The van der Waals surface area contributed by atoms with Crippen LogP contribution in [0, 0.1) is 0 Å². The smallest absolute Gasteiger partial charge is 0.254 e. The van der Waals surface area contributed by atoms with E-state index in [0.717, 1.165) is 54.6 Å². The largest absolute Gasteiger partial charge is 0.355 e. The summed E-state index contributed by atoms with van der Waals surface area (Å²) in [6.45, 7) is 4.25. The molecule has 1 aliphatic heterocycles. The SMILES string of the molecule is O=C(c1ccccc1)N1CC[NH+](Cc2cc(-c3cccs3)on2)CC1. The van der Waals surface area contributed by atoms with Crippen LogP contribution in [-0.2, 0) is 6.54 Å². The maximum Gasteiger partial charge on any atom is 0.254 e. The van der Waals surface area contributed by atoms with E-state index in [1.54, 1.807) is 11.3 Å². The van der Waals surface area contributed by atoms with E-state index in [0.29, 0.717) is 0 Å². The molecule has 0 bridgehead atoms. The van der Waals surface area contributed by atoms with E-state index < -0.39 is 0 Å². The van der Waals surface area contributed by atoms with Gasteiger partial charge in [0.2, 0.25) is 0 Å². The topological polar surface area (TPSA) is 50.8 Å². The van der Waals surface area contributed by atoms with Gasteiger partial charge in [0.05, 0.1) is 31.1 Å². The molecule has 1 aromatic carbocycles. The average molecular weight is 354 g/mol. The molecule has 0 unspecified atom stereocenters. The van der Waals surface area contributed by atoms with Gasteiger partial charge in [-0.2, -0.15) is 0 Å². The number of piperazine rings is 1. The van der Waals surface area contributed by atoms with Gasteiger partial charge >= 0.3 is 0 Å². The number of thiophene rings is 1. The van der Waals surface area contributed by atoms with Gasteiger partial charge in [-0.25, -0.2) is 0 Å². The van der Waals surface area contributed by atoms with Crippen LogP contribution in [0.25, 0.3) is 10.6 Å². The number of nitrogens with one attached hydrogen (secondary N) is 1. The zero-order valence-electron chi connectivity index (χ0n) is 13.9. The summed E-state index contributed by atoms with van der Waals surface area (Å²) in [6.07, 6.45) is 0. The lowest BCUT2D eigenvalue weighted by molar-refractivity contribution is -0.917. The third-order valence-corrected chi connectivity index (χ3v) is 5.42. The van der Waals surface area contributed by atoms with Crippen LogP contribution in [-0.4, -0.2) is 42.1 Å². The minimum atomic E-state index is 0.126. The van der Waals surface area contributed by atoms with Gasteiger partial charge < -0.3 is 14.3 Å². The van der Waals surface area contributed by atoms with Crippen LogP contribution < -0.4 is 4.90 Å². The van der Waals surface area contributed by atoms with Crippen molar-refractivity contribution in [1.82, 2.24) is 10.1 Å². The number of aromatic nitrogens is 1. The molecule has 1 fully saturated rings. The highest BCUT2D eigenvalue weighted by Crippen LogP contribution is 2.24. The minimum absolute atomic E-state index is 0.126. The van der Waals surface area contributed by atoms with Gasteiger partial charge in [0, 0.05) is 11.6 Å². The number of carbonyl (C=O) groups excluding carboxylic acids is 1. The van der Waals surface area contributed by atoms with Crippen molar-refractivity contribution in [2.45, 2.75) is 6.54 Å². The van der Waals surface area contributed by atoms with Crippen LogP contribution in [0.2, 0.25) is 0 Å². The molecule has 5 nitrogen and oxygen atoms in total. The van der Waals surface area contributed by atoms with Crippen LogP contribution in [0.3, 0.4) is 0 Å². The zero-order valence-corrected chi connectivity index (χ0v) is 14.7. The predicted octanol–water partition coefficient (Wildman–Crippen LogP) is 1.94. The van der Waals surface area contributed by atoms with Crippen LogP contribution in [0.15, 0.2) is 58.4 Å². The Morgan fingerprint density at radius 2 is 1.96 bits per heavy atom. The van der Waals surface area contributed by atoms with Gasteiger partial charge in [-0.3, -0.25) is 4.79 Å². The first kappa shape index (κ1) is 16.1. The van der Waals surface area contributed by atoms with Crippen molar-refractivity contribution in [3.63, 3.8) is 0 Å². The fraction of sp³-hybridized carbons (Fsp3) is 0.263. The molecule has 4 rings (SSSR count). The van der Waals surface area contributed by atoms with Crippen molar-refractivity contribution in [2.24, 2.45) is 0 Å². The zero-order chi connectivity index (χ0) is 17.1. The number of benzene rings is 1. The van der Waals surface area contributed by atoms with E-state index in [1.165, 1.54) is 4.90 Å². The van der Waals surface area contributed by atoms with Crippen molar-refractivity contribution >= 4 is 17.2 Å². The first-order valence-electron chi connectivity index (χ1n) is 8.47. The first-order valence-corrected chi connectivity index (χ1v) is 9.35. The second-order valence-corrected chi connectivity index (χ2v) is 7.19. The molecule has 128 valence electrons. The molecule has 0 aliphatic carbocycles. The fourth-order valence-electron chi connectivity index (χ4n) is 3.15. The lowest BCUT2D eigenvalue weighted by Crippen LogP contribution is -3.13. The summed E-state index contributed by atoms with van der Waals surface area (Å²) in [5.74, 6) is 0.961. The van der Waals surface area contributed by atoms with Crippen LogP contribution in [0.4, 0.5) is 0 Å². The Bertz CT molecular complexity index is 821. The predicted molar refractivity (Wildman–Crippen MR) is 96.6 cm³/mol. The van der Waals surface area contributed by atoms with Gasteiger partial charge in [-0.05, 0) is 23.6 Å². The molecule has 1 saturated heterocycles. The molecule has 0 atom stereocenters. The molecule has 1 N–H and O–H groups in total. The van der Waals surface area contributed by atoms with Crippen molar-refractivity contribution in [1.29, 1.82) is 0 Å². The maximum atomic E-state index is 12.5. The lowest BCUT2D eigenvalue weighted by Gasteiger charge is -2.31. The summed E-state index contributed by atoms with van der Waals surface area (Å²) >= 11 is 1.65. The van der Waals surface area contributed by atoms with E-state index in [-0.39, 0.29) is 5.91 Å². The third kappa shape index (κ3) is 3.65. The van der Waals surface area contributed by atoms with E-state index in [4.69, 9.17) is 4.52 Å². The highest BCUT2D eigenvalue weighted by molar-refractivity contribution is 7.13. The number of quaternary nitrogens is 1. The monoisotopic (exact) mass is 354 g/mol. The molecular formula is C19H20N3O2S+. The quantitative estimate of drug-likeness (QED) is 0.779. The highest BCUT2D eigenvalue weighted by atomic mass is 32.1. The van der Waals surface area contributed by atoms with Crippen LogP contribution in [0.5, 0.6) is 0 Å². The molecule has 2 aromatic heterocycles. The summed E-state index contributed by atoms with van der Waals surface area (Å²) in [5, 5.41) is 6.23. The Morgan fingerprint density at radius 3 is 2.68 bits per heavy atom. The van der Waals surface area contributed by atoms with E-state index in [1.807, 2.05) is 58.8 Å². The van der Waals surface area contributed by atoms with Gasteiger partial charge in [0.1, 0.15) is 12.2 Å². The lowest BCUT2D eigenvalue weighted by atomic mass is 10.2. The fourth-order valence-corrected chi connectivity index (χ4v) is 3.83. The molecule has 0 saturated carbocycles. The molecule has 3 heterocycles. The first-order chi connectivity index (χ1) is 12.3. The minimum Gasteiger partial charge on any atom is -0.355 e. The van der Waals surface area contributed by atoms with Crippen LogP contribution >= 0.6 is 11.3 Å². The standard InChI is InChI=1S/C19H19N3O2S/c23-19(15-5-2-1-3-6-15)22-10-8-21(9-11-22)14-16-13-17(24-20-16)18-7-4-12-25-18/h1-7,12-13H,8-11,14H2/p+1. The number of carbonyl (C=O) groups is 1. The Morgan fingerprint density at radius 1 is 1.16 bits per heavy atom. The summed E-state index contributed by atoms with van der Waals surface area (Å²) < 4.78 is 5.45. The van der Waals surface area contributed by atoms with Crippen molar-refractivity contribution in [3.05, 3.63) is 65.2 Å². The number of nitrogens with zero attached hydrogens (tertiary/aromatic N) is 2. The molecule has 6 heteroatoms. The van der Waals surface area contributed by atoms with Gasteiger partial charge in [0.25, 0.3) is 5.91 Å². The van der Waals surface area contributed by atoms with Crippen LogP contribution in [0.1, 0.15) is 16.1 Å². The summed E-state index contributed by atoms with van der Waals surface area (Å²) in [5.41, 5.74) is 1.74. The second-order valence-electron chi connectivity index (χ2n) is 6.24. The summed E-state index contributed by atoms with van der Waals surface area (Å²) in [6, 6.07) is 15.6. The average Bonchev–Trinajstić information content (AvgIpc) is 3.34. The summed E-state index contributed by atoms with van der Waals surface area (Å²) in [7, 11) is 0. The van der Waals surface area contributed by atoms with Gasteiger partial charge in [0.15, 0.2) is 5.76 Å². The maximum absolute atomic E-state index is 12.5. The molecule has 25 heavy (non-hydrogen) atoms. The Kier molecular flexibility index (Phi) is 4.63. The second kappa shape index (κ2) is 7.21. The molecule has 0 spiro atoms. The summed E-state index contributed by atoms with van der Waals surface area (Å²) in [4.78, 5) is 17.0. The number of amides is 1. The Balaban J connectivity index is 1.33. The van der Waals surface area contributed by atoms with E-state index in [2.05, 4.69) is 5.16 Å².